The van der Waals surface area contributed by atoms with Crippen LogP contribution in [0.4, 0.5) is 0 Å². The van der Waals surface area contributed by atoms with Crippen molar-refractivity contribution in [3.63, 3.8) is 0 Å². The number of amides is 1. The molecule has 15 heavy (non-hydrogen) atoms. The minimum atomic E-state index is -0.102. The Morgan fingerprint density at radius 3 is 3.13 bits per heavy atom. The first kappa shape index (κ1) is 11.0. The molecular formula is C11H11BrClNO. The van der Waals surface area contributed by atoms with E-state index in [9.17, 15) is 4.79 Å². The number of hydrogen-bond donors (Lipinski definition) is 1. The van der Waals surface area contributed by atoms with E-state index in [0.717, 1.165) is 17.3 Å². The van der Waals surface area contributed by atoms with Gasteiger partial charge in [-0.15, -0.1) is 11.6 Å². The van der Waals surface area contributed by atoms with Crippen LogP contribution in [0, 0.1) is 0 Å². The summed E-state index contributed by atoms with van der Waals surface area (Å²) in [6.45, 7) is 0. The molecule has 1 aliphatic rings. The normalized spacial score (nSPS) is 18.7. The molecule has 0 fully saturated rings. The first-order valence-corrected chi connectivity index (χ1v) is 6.17. The number of halogens is 2. The highest BCUT2D eigenvalue weighted by atomic mass is 79.9. The zero-order chi connectivity index (χ0) is 10.8. The Balaban J connectivity index is 2.20. The molecule has 2 nitrogen and oxygen atoms in total. The van der Waals surface area contributed by atoms with E-state index in [1.165, 1.54) is 11.1 Å². The Labute approximate surface area is 102 Å². The number of rotatable bonds is 2. The quantitative estimate of drug-likeness (QED) is 0.833. The molecule has 4 heteroatoms. The van der Waals surface area contributed by atoms with Gasteiger partial charge in [-0.25, -0.2) is 0 Å². The van der Waals surface area contributed by atoms with Crippen molar-refractivity contribution < 1.29 is 4.79 Å². The van der Waals surface area contributed by atoms with Crippen LogP contribution < -0.4 is 5.32 Å². The summed E-state index contributed by atoms with van der Waals surface area (Å²) in [5.74, 6) is -0.0747. The van der Waals surface area contributed by atoms with Crippen molar-refractivity contribution in [2.45, 2.75) is 18.9 Å². The van der Waals surface area contributed by atoms with Crippen LogP contribution in [0.5, 0.6) is 0 Å². The molecule has 1 atom stereocenters. The monoisotopic (exact) mass is 287 g/mol. The molecule has 2 rings (SSSR count). The Hall–Kier alpha value is -0.540. The van der Waals surface area contributed by atoms with Gasteiger partial charge in [0.25, 0.3) is 0 Å². The summed E-state index contributed by atoms with van der Waals surface area (Å²) in [6, 6.07) is 6.34. The zero-order valence-electron chi connectivity index (χ0n) is 8.09. The summed E-state index contributed by atoms with van der Waals surface area (Å²) >= 11 is 8.90. The van der Waals surface area contributed by atoms with E-state index in [0.29, 0.717) is 0 Å². The smallest absolute Gasteiger partial charge is 0.235 e. The van der Waals surface area contributed by atoms with Crippen LogP contribution in [-0.2, 0) is 11.2 Å². The van der Waals surface area contributed by atoms with Crippen LogP contribution in [0.15, 0.2) is 22.7 Å². The minimum Gasteiger partial charge on any atom is -0.348 e. The molecule has 0 radical (unpaired) electrons. The molecular weight excluding hydrogens is 277 g/mol. The number of aryl methyl sites for hydroxylation is 1. The van der Waals surface area contributed by atoms with E-state index in [-0.39, 0.29) is 17.8 Å². The van der Waals surface area contributed by atoms with Gasteiger partial charge in [0.1, 0.15) is 5.88 Å². The standard InChI is InChI=1S/C11H11BrClNO/c12-8-3-1-7-2-4-10(9(7)5-8)14-11(15)6-13/h1,3,5,10H,2,4,6H2,(H,14,15)/t10-/m1/s1. The molecule has 1 aliphatic carbocycles. The molecule has 0 aromatic heterocycles. The van der Waals surface area contributed by atoms with Crippen molar-refractivity contribution in [2.75, 3.05) is 5.88 Å². The van der Waals surface area contributed by atoms with Crippen molar-refractivity contribution >= 4 is 33.4 Å². The third kappa shape index (κ3) is 2.34. The average Bonchev–Trinajstić information content (AvgIpc) is 2.61. The number of fused-ring (bicyclic) bond motifs is 1. The topological polar surface area (TPSA) is 29.1 Å². The van der Waals surface area contributed by atoms with Gasteiger partial charge in [-0.2, -0.15) is 0 Å². The molecule has 0 saturated heterocycles. The van der Waals surface area contributed by atoms with Crippen molar-refractivity contribution in [1.82, 2.24) is 5.32 Å². The summed E-state index contributed by atoms with van der Waals surface area (Å²) in [4.78, 5) is 11.2. The number of carbonyl (C=O) groups excluding carboxylic acids is 1. The van der Waals surface area contributed by atoms with Gasteiger partial charge in [-0.3, -0.25) is 4.79 Å². The summed E-state index contributed by atoms with van der Waals surface area (Å²) in [5.41, 5.74) is 2.53. The molecule has 1 aromatic rings. The van der Waals surface area contributed by atoms with Gasteiger partial charge >= 0.3 is 0 Å². The predicted molar refractivity (Wildman–Crippen MR) is 64.1 cm³/mol. The van der Waals surface area contributed by atoms with Crippen LogP contribution in [0.25, 0.3) is 0 Å². The molecule has 0 saturated carbocycles. The lowest BCUT2D eigenvalue weighted by Gasteiger charge is -2.13. The van der Waals surface area contributed by atoms with Gasteiger partial charge in [0.2, 0.25) is 5.91 Å². The van der Waals surface area contributed by atoms with Crippen molar-refractivity contribution in [3.8, 4) is 0 Å². The van der Waals surface area contributed by atoms with E-state index in [4.69, 9.17) is 11.6 Å². The van der Waals surface area contributed by atoms with Crippen LogP contribution in [0.2, 0.25) is 0 Å². The highest BCUT2D eigenvalue weighted by Crippen LogP contribution is 2.32. The zero-order valence-corrected chi connectivity index (χ0v) is 10.4. The minimum absolute atomic E-state index is 0.0276. The molecule has 80 valence electrons. The van der Waals surface area contributed by atoms with Gasteiger partial charge in [-0.05, 0) is 36.1 Å². The largest absolute Gasteiger partial charge is 0.348 e. The molecule has 1 aromatic carbocycles. The first-order chi connectivity index (χ1) is 7.20. The molecule has 0 heterocycles. The third-order valence-corrected chi connectivity index (χ3v) is 3.38. The number of carbonyl (C=O) groups is 1. The lowest BCUT2D eigenvalue weighted by atomic mass is 10.1. The Bertz CT molecular complexity index is 394. The van der Waals surface area contributed by atoms with Gasteiger partial charge in [0.15, 0.2) is 0 Å². The molecule has 0 unspecified atom stereocenters. The Morgan fingerprint density at radius 2 is 2.40 bits per heavy atom. The van der Waals surface area contributed by atoms with Crippen LogP contribution in [0.1, 0.15) is 23.6 Å². The van der Waals surface area contributed by atoms with E-state index in [1.54, 1.807) is 0 Å². The highest BCUT2D eigenvalue weighted by molar-refractivity contribution is 9.10. The van der Waals surface area contributed by atoms with Crippen molar-refractivity contribution in [2.24, 2.45) is 0 Å². The summed E-state index contributed by atoms with van der Waals surface area (Å²) in [6.07, 6.45) is 1.99. The third-order valence-electron chi connectivity index (χ3n) is 2.64. The summed E-state index contributed by atoms with van der Waals surface area (Å²) in [7, 11) is 0. The highest BCUT2D eigenvalue weighted by Gasteiger charge is 2.23. The fourth-order valence-electron chi connectivity index (χ4n) is 1.96. The fraction of sp³-hybridized carbons (Fsp3) is 0.364. The van der Waals surface area contributed by atoms with Crippen LogP contribution in [0.3, 0.4) is 0 Å². The fourth-order valence-corrected chi connectivity index (χ4v) is 2.41. The molecule has 1 amide bonds. The predicted octanol–water partition coefficient (Wildman–Crippen LogP) is 2.79. The molecule has 0 spiro atoms. The average molecular weight is 289 g/mol. The Morgan fingerprint density at radius 1 is 1.60 bits per heavy atom. The SMILES string of the molecule is O=C(CCl)N[C@@H]1CCc2ccc(Br)cc21. The maximum atomic E-state index is 11.2. The van der Waals surface area contributed by atoms with E-state index in [2.05, 4.69) is 33.4 Å². The van der Waals surface area contributed by atoms with Crippen molar-refractivity contribution in [1.29, 1.82) is 0 Å². The molecule has 0 bridgehead atoms. The summed E-state index contributed by atoms with van der Waals surface area (Å²) < 4.78 is 1.05. The first-order valence-electron chi connectivity index (χ1n) is 4.84. The number of hydrogen-bond acceptors (Lipinski definition) is 1. The lowest BCUT2D eigenvalue weighted by molar-refractivity contribution is -0.119. The maximum absolute atomic E-state index is 11.2. The number of alkyl halides is 1. The Kier molecular flexibility index (Phi) is 3.32. The molecule has 0 aliphatic heterocycles. The number of benzene rings is 1. The van der Waals surface area contributed by atoms with Crippen LogP contribution in [-0.4, -0.2) is 11.8 Å². The second kappa shape index (κ2) is 4.54. The van der Waals surface area contributed by atoms with E-state index in [1.807, 2.05) is 6.07 Å². The number of nitrogens with one attached hydrogen (secondary N) is 1. The van der Waals surface area contributed by atoms with E-state index < -0.39 is 0 Å². The van der Waals surface area contributed by atoms with Crippen molar-refractivity contribution in [3.05, 3.63) is 33.8 Å². The van der Waals surface area contributed by atoms with Gasteiger partial charge in [0, 0.05) is 4.47 Å². The second-order valence-corrected chi connectivity index (χ2v) is 4.82. The lowest BCUT2D eigenvalue weighted by Crippen LogP contribution is -2.27. The van der Waals surface area contributed by atoms with Gasteiger partial charge in [0.05, 0.1) is 6.04 Å². The summed E-state index contributed by atoms with van der Waals surface area (Å²) in [5, 5.41) is 2.92. The van der Waals surface area contributed by atoms with Crippen LogP contribution >= 0.6 is 27.5 Å². The van der Waals surface area contributed by atoms with Gasteiger partial charge < -0.3 is 5.32 Å². The van der Waals surface area contributed by atoms with Gasteiger partial charge in [-0.1, -0.05) is 22.0 Å². The maximum Gasteiger partial charge on any atom is 0.235 e. The molecule has 1 N–H and O–H groups in total. The van der Waals surface area contributed by atoms with E-state index >= 15 is 0 Å². The second-order valence-electron chi connectivity index (χ2n) is 3.64.